The predicted molar refractivity (Wildman–Crippen MR) is 69.1 cm³/mol. The van der Waals surface area contributed by atoms with Crippen molar-refractivity contribution in [2.45, 2.75) is 6.36 Å². The lowest BCUT2D eigenvalue weighted by Crippen LogP contribution is -2.17. The third-order valence-electron chi connectivity index (χ3n) is 2.26. The van der Waals surface area contributed by atoms with Gasteiger partial charge in [0.15, 0.2) is 0 Å². The minimum Gasteiger partial charge on any atom is -0.456 e. The Morgan fingerprint density at radius 2 is 1.75 bits per heavy atom. The lowest BCUT2D eigenvalue weighted by molar-refractivity contribution is -0.274. The van der Waals surface area contributed by atoms with Gasteiger partial charge in [0.25, 0.3) is 0 Å². The third kappa shape index (κ3) is 4.06. The molecule has 2 nitrogen and oxygen atoms in total. The summed E-state index contributed by atoms with van der Waals surface area (Å²) in [6, 6.07) is 10.4. The van der Waals surface area contributed by atoms with E-state index < -0.39 is 12.1 Å². The fourth-order valence-corrected chi connectivity index (χ4v) is 1.71. The van der Waals surface area contributed by atoms with Crippen LogP contribution in [0.2, 0.25) is 5.02 Å². The van der Waals surface area contributed by atoms with Gasteiger partial charge < -0.3 is 9.47 Å². The van der Waals surface area contributed by atoms with Crippen molar-refractivity contribution in [1.82, 2.24) is 0 Å². The highest BCUT2D eigenvalue weighted by Gasteiger charge is 2.31. The average Bonchev–Trinajstić information content (AvgIpc) is 2.31. The van der Waals surface area contributed by atoms with Gasteiger partial charge in [-0.15, -0.1) is 13.2 Å². The van der Waals surface area contributed by atoms with Crippen LogP contribution in [0.25, 0.3) is 0 Å². The van der Waals surface area contributed by atoms with Gasteiger partial charge in [-0.05, 0) is 36.8 Å². The van der Waals surface area contributed by atoms with E-state index in [1.54, 1.807) is 24.3 Å². The number of alkyl halides is 3. The van der Waals surface area contributed by atoms with Gasteiger partial charge in [0.05, 0.1) is 5.02 Å². The van der Waals surface area contributed by atoms with Crippen molar-refractivity contribution in [1.29, 1.82) is 0 Å². The van der Waals surface area contributed by atoms with Crippen LogP contribution >= 0.6 is 11.6 Å². The van der Waals surface area contributed by atoms with Crippen LogP contribution in [-0.4, -0.2) is 6.36 Å². The molecule has 0 N–H and O–H groups in total. The van der Waals surface area contributed by atoms with Gasteiger partial charge >= 0.3 is 6.36 Å². The van der Waals surface area contributed by atoms with Crippen LogP contribution in [0.5, 0.6) is 17.2 Å². The van der Waals surface area contributed by atoms with E-state index in [0.29, 0.717) is 5.75 Å². The molecule has 0 heterocycles. The molecule has 0 spiro atoms. The van der Waals surface area contributed by atoms with Crippen LogP contribution in [0.3, 0.4) is 0 Å². The second-order valence-corrected chi connectivity index (χ2v) is 4.30. The fraction of sp³-hybridized carbons (Fsp3) is 0.0714. The Morgan fingerprint density at radius 1 is 1.00 bits per heavy atom. The highest BCUT2D eigenvalue weighted by atomic mass is 35.5. The first-order chi connectivity index (χ1) is 9.33. The smallest absolute Gasteiger partial charge is 0.456 e. The molecule has 0 bridgehead atoms. The average molecular weight is 302 g/mol. The molecule has 1 radical (unpaired) electrons. The first kappa shape index (κ1) is 14.5. The maximum atomic E-state index is 12.1. The molecule has 0 atom stereocenters. The maximum Gasteiger partial charge on any atom is 0.573 e. The van der Waals surface area contributed by atoms with E-state index in [9.17, 15) is 13.2 Å². The maximum absolute atomic E-state index is 12.1. The summed E-state index contributed by atoms with van der Waals surface area (Å²) in [5.74, 6) is 0.316. The molecule has 20 heavy (non-hydrogen) atoms. The van der Waals surface area contributed by atoms with Crippen molar-refractivity contribution in [2.75, 3.05) is 0 Å². The number of benzene rings is 2. The summed E-state index contributed by atoms with van der Waals surface area (Å²) in [6.07, 6.45) is -4.76. The first-order valence-electron chi connectivity index (χ1n) is 5.49. The van der Waals surface area contributed by atoms with Crippen molar-refractivity contribution < 1.29 is 22.6 Å². The van der Waals surface area contributed by atoms with Crippen LogP contribution in [0.1, 0.15) is 5.56 Å². The molecule has 0 saturated heterocycles. The van der Waals surface area contributed by atoms with Gasteiger partial charge in [-0.25, -0.2) is 0 Å². The number of ether oxygens (including phenoxy) is 2. The molecule has 105 valence electrons. The second-order valence-electron chi connectivity index (χ2n) is 3.89. The van der Waals surface area contributed by atoms with Crippen molar-refractivity contribution >= 4 is 11.6 Å². The quantitative estimate of drug-likeness (QED) is 0.774. The van der Waals surface area contributed by atoms with Crippen LogP contribution < -0.4 is 9.47 Å². The zero-order valence-electron chi connectivity index (χ0n) is 10.1. The van der Waals surface area contributed by atoms with Crippen molar-refractivity contribution in [3.05, 3.63) is 60.0 Å². The molecule has 6 heteroatoms. The minimum atomic E-state index is -4.76. The van der Waals surface area contributed by atoms with E-state index in [1.807, 2.05) is 0 Å². The Kier molecular flexibility index (Phi) is 4.09. The van der Waals surface area contributed by atoms with E-state index in [-0.39, 0.29) is 10.8 Å². The molecular weight excluding hydrogens is 293 g/mol. The molecule has 2 aromatic carbocycles. The van der Waals surface area contributed by atoms with Crippen LogP contribution in [0.4, 0.5) is 13.2 Å². The van der Waals surface area contributed by atoms with E-state index in [2.05, 4.69) is 11.7 Å². The summed E-state index contributed by atoms with van der Waals surface area (Å²) < 4.78 is 45.4. The molecule has 0 unspecified atom stereocenters. The first-order valence-corrected chi connectivity index (χ1v) is 5.86. The molecule has 0 aliphatic rings. The second kappa shape index (κ2) is 5.63. The summed E-state index contributed by atoms with van der Waals surface area (Å²) in [5.41, 5.74) is 0.746. The zero-order chi connectivity index (χ0) is 14.8. The molecule has 0 aliphatic carbocycles. The molecule has 0 saturated carbocycles. The Morgan fingerprint density at radius 3 is 2.35 bits per heavy atom. The number of halogens is 4. The van der Waals surface area contributed by atoms with Crippen LogP contribution in [0, 0.1) is 6.92 Å². The largest absolute Gasteiger partial charge is 0.573 e. The molecule has 0 amide bonds. The monoisotopic (exact) mass is 301 g/mol. The van der Waals surface area contributed by atoms with Crippen molar-refractivity contribution in [3.63, 3.8) is 0 Å². The highest BCUT2D eigenvalue weighted by Crippen LogP contribution is 2.34. The molecule has 2 rings (SSSR count). The lowest BCUT2D eigenvalue weighted by Gasteiger charge is -2.11. The predicted octanol–water partition coefficient (Wildman–Crippen LogP) is 5.21. The third-order valence-corrected chi connectivity index (χ3v) is 2.56. The molecular formula is C14H9ClF3O2. The normalized spacial score (nSPS) is 11.2. The van der Waals surface area contributed by atoms with Gasteiger partial charge in [0, 0.05) is 6.07 Å². The Bertz CT molecular complexity index is 612. The van der Waals surface area contributed by atoms with Gasteiger partial charge in [-0.3, -0.25) is 0 Å². The van der Waals surface area contributed by atoms with Gasteiger partial charge in [0.1, 0.15) is 17.2 Å². The number of rotatable bonds is 3. The fourth-order valence-electron chi connectivity index (χ4n) is 1.50. The minimum absolute atomic E-state index is 0.0150. The highest BCUT2D eigenvalue weighted by molar-refractivity contribution is 6.32. The van der Waals surface area contributed by atoms with Crippen LogP contribution in [-0.2, 0) is 0 Å². The summed E-state index contributed by atoms with van der Waals surface area (Å²) in [5, 5.41) is 0.0150. The number of hydrogen-bond donors (Lipinski definition) is 0. The topological polar surface area (TPSA) is 18.5 Å². The lowest BCUT2D eigenvalue weighted by atomic mass is 10.2. The summed E-state index contributed by atoms with van der Waals surface area (Å²) >= 11 is 5.86. The van der Waals surface area contributed by atoms with Gasteiger partial charge in [-0.1, -0.05) is 23.7 Å². The SMILES string of the molecule is [CH2]c1cccc(Oc2ccc(OC(F)(F)F)cc2Cl)c1. The van der Waals surface area contributed by atoms with E-state index in [4.69, 9.17) is 16.3 Å². The van der Waals surface area contributed by atoms with Crippen molar-refractivity contribution in [3.8, 4) is 17.2 Å². The molecule has 0 aromatic heterocycles. The Hall–Kier alpha value is -1.88. The molecule has 2 aromatic rings. The summed E-state index contributed by atoms with van der Waals surface area (Å²) in [4.78, 5) is 0. The molecule has 0 aliphatic heterocycles. The standard InChI is InChI=1S/C14H9ClF3O2/c1-9-3-2-4-10(7-9)19-13-6-5-11(8-12(13)15)20-14(16,17)18/h2-8H,1H2. The zero-order valence-corrected chi connectivity index (χ0v) is 10.8. The van der Waals surface area contributed by atoms with Gasteiger partial charge in [-0.2, -0.15) is 0 Å². The van der Waals surface area contributed by atoms with Crippen molar-refractivity contribution in [2.24, 2.45) is 0 Å². The summed E-state index contributed by atoms with van der Waals surface area (Å²) in [6.45, 7) is 3.74. The Balaban J connectivity index is 2.18. The number of hydrogen-bond acceptors (Lipinski definition) is 2. The summed E-state index contributed by atoms with van der Waals surface area (Å²) in [7, 11) is 0. The van der Waals surface area contributed by atoms with E-state index in [0.717, 1.165) is 17.7 Å². The van der Waals surface area contributed by atoms with E-state index in [1.165, 1.54) is 6.07 Å². The Labute approximate surface area is 118 Å². The van der Waals surface area contributed by atoms with E-state index >= 15 is 0 Å². The van der Waals surface area contributed by atoms with Crippen LogP contribution in [0.15, 0.2) is 42.5 Å². The van der Waals surface area contributed by atoms with Gasteiger partial charge in [0.2, 0.25) is 0 Å². The molecule has 0 fully saturated rings.